The van der Waals surface area contributed by atoms with E-state index in [1.54, 1.807) is 7.11 Å². The van der Waals surface area contributed by atoms with Crippen LogP contribution >= 0.6 is 38.5 Å². The first-order valence-electron chi connectivity index (χ1n) is 4.21. The van der Waals surface area contributed by atoms with Crippen LogP contribution in [0.1, 0.15) is 0 Å². The fourth-order valence-corrected chi connectivity index (χ4v) is 2.25. The fourth-order valence-electron chi connectivity index (χ4n) is 1.29. The molecule has 80 valence electrons. The highest BCUT2D eigenvalue weighted by atomic mass is 127. The summed E-state index contributed by atoms with van der Waals surface area (Å²) >= 11 is 5.51. The van der Waals surface area contributed by atoms with Crippen LogP contribution in [0.15, 0.2) is 27.3 Å². The minimum Gasteiger partial charge on any atom is -0.467 e. The Morgan fingerprint density at radius 2 is 2.20 bits per heavy atom. The quantitative estimate of drug-likeness (QED) is 0.598. The first kappa shape index (κ1) is 11.2. The van der Waals surface area contributed by atoms with Crippen LogP contribution in [0.3, 0.4) is 0 Å². The molecule has 0 amide bonds. The molecule has 2 rings (SSSR count). The van der Waals surface area contributed by atoms with Gasteiger partial charge in [0.05, 0.1) is 5.39 Å². The van der Waals surface area contributed by atoms with Crippen molar-refractivity contribution in [2.24, 2.45) is 0 Å². The molecule has 0 fully saturated rings. The number of methoxy groups -OCH3 is 1. The highest BCUT2D eigenvalue weighted by molar-refractivity contribution is 14.1. The van der Waals surface area contributed by atoms with Gasteiger partial charge >= 0.3 is 0 Å². The molecule has 1 aromatic heterocycles. The van der Waals surface area contributed by atoms with Crippen molar-refractivity contribution < 1.29 is 13.9 Å². The number of benzene rings is 1. The third-order valence-corrected chi connectivity index (χ3v) is 2.88. The Balaban J connectivity index is 2.50. The predicted molar refractivity (Wildman–Crippen MR) is 69.1 cm³/mol. The number of rotatable bonds is 3. The van der Waals surface area contributed by atoms with Gasteiger partial charge in [0, 0.05) is 16.7 Å². The van der Waals surface area contributed by atoms with Crippen LogP contribution in [-0.4, -0.2) is 13.9 Å². The second-order valence-electron chi connectivity index (χ2n) is 2.92. The largest absolute Gasteiger partial charge is 0.467 e. The molecule has 5 heteroatoms. The molecule has 0 unspecified atom stereocenters. The van der Waals surface area contributed by atoms with Gasteiger partial charge in [-0.1, -0.05) is 0 Å². The zero-order valence-electron chi connectivity index (χ0n) is 7.92. The SMILES string of the molecule is COCOc1cc(I)cc2oc(Br)cc12. The maximum Gasteiger partial charge on any atom is 0.188 e. The minimum absolute atomic E-state index is 0.234. The summed E-state index contributed by atoms with van der Waals surface area (Å²) in [5.41, 5.74) is 0.805. The van der Waals surface area contributed by atoms with E-state index in [0.29, 0.717) is 4.67 Å². The van der Waals surface area contributed by atoms with E-state index in [-0.39, 0.29) is 6.79 Å². The van der Waals surface area contributed by atoms with Gasteiger partial charge < -0.3 is 13.9 Å². The predicted octanol–water partition coefficient (Wildman–Crippen LogP) is 3.78. The van der Waals surface area contributed by atoms with Gasteiger partial charge in [-0.25, -0.2) is 0 Å². The third-order valence-electron chi connectivity index (χ3n) is 1.87. The molecule has 0 bridgehead atoms. The number of furan rings is 1. The molecule has 0 radical (unpaired) electrons. The van der Waals surface area contributed by atoms with Crippen LogP contribution in [0, 0.1) is 3.57 Å². The normalized spacial score (nSPS) is 10.9. The number of fused-ring (bicyclic) bond motifs is 1. The van der Waals surface area contributed by atoms with Crippen molar-refractivity contribution in [2.45, 2.75) is 0 Å². The van der Waals surface area contributed by atoms with Gasteiger partial charge in [0.25, 0.3) is 0 Å². The lowest BCUT2D eigenvalue weighted by molar-refractivity contribution is 0.0522. The van der Waals surface area contributed by atoms with Crippen molar-refractivity contribution in [2.75, 3.05) is 13.9 Å². The van der Waals surface area contributed by atoms with Crippen LogP contribution in [0.25, 0.3) is 11.0 Å². The van der Waals surface area contributed by atoms with E-state index in [1.807, 2.05) is 18.2 Å². The molecule has 2 aromatic rings. The Labute approximate surface area is 109 Å². The zero-order chi connectivity index (χ0) is 10.8. The fraction of sp³-hybridized carbons (Fsp3) is 0.200. The maximum atomic E-state index is 5.46. The summed E-state index contributed by atoms with van der Waals surface area (Å²) < 4.78 is 17.5. The molecule has 0 N–H and O–H groups in total. The van der Waals surface area contributed by atoms with Crippen LogP contribution < -0.4 is 4.74 Å². The number of halogens is 2. The van der Waals surface area contributed by atoms with Crippen LogP contribution in [-0.2, 0) is 4.74 Å². The van der Waals surface area contributed by atoms with Crippen LogP contribution in [0.5, 0.6) is 5.75 Å². The Morgan fingerprint density at radius 1 is 1.40 bits per heavy atom. The van der Waals surface area contributed by atoms with E-state index in [2.05, 4.69) is 38.5 Å². The lowest BCUT2D eigenvalue weighted by Gasteiger charge is -2.05. The van der Waals surface area contributed by atoms with Gasteiger partial charge in [-0.2, -0.15) is 0 Å². The summed E-state index contributed by atoms with van der Waals surface area (Å²) in [7, 11) is 1.59. The zero-order valence-corrected chi connectivity index (χ0v) is 11.7. The molecule has 3 nitrogen and oxygen atoms in total. The van der Waals surface area contributed by atoms with Crippen molar-refractivity contribution in [1.82, 2.24) is 0 Å². The standard InChI is InChI=1S/C10H8BrIO3/c1-13-5-14-8-2-6(12)3-9-7(8)4-10(11)15-9/h2-4H,5H2,1H3. The van der Waals surface area contributed by atoms with E-state index in [4.69, 9.17) is 13.9 Å². The first-order chi connectivity index (χ1) is 7.20. The van der Waals surface area contributed by atoms with E-state index in [0.717, 1.165) is 20.3 Å². The van der Waals surface area contributed by atoms with Crippen molar-refractivity contribution in [3.8, 4) is 5.75 Å². The summed E-state index contributed by atoms with van der Waals surface area (Å²) in [4.78, 5) is 0. The summed E-state index contributed by atoms with van der Waals surface area (Å²) in [6.07, 6.45) is 0. The van der Waals surface area contributed by atoms with Gasteiger partial charge in [-0.15, -0.1) is 0 Å². The topological polar surface area (TPSA) is 31.6 Å². The third kappa shape index (κ3) is 2.46. The van der Waals surface area contributed by atoms with E-state index in [1.165, 1.54) is 0 Å². The van der Waals surface area contributed by atoms with Crippen molar-refractivity contribution in [3.63, 3.8) is 0 Å². The molecule has 0 atom stereocenters. The molecule has 1 heterocycles. The Kier molecular flexibility index (Phi) is 3.53. The molecule has 0 saturated heterocycles. The van der Waals surface area contributed by atoms with Gasteiger partial charge in [-0.3, -0.25) is 0 Å². The van der Waals surface area contributed by atoms with Gasteiger partial charge in [0.2, 0.25) is 0 Å². The molecule has 15 heavy (non-hydrogen) atoms. The number of ether oxygens (including phenoxy) is 2. The first-order valence-corrected chi connectivity index (χ1v) is 6.08. The van der Waals surface area contributed by atoms with Crippen molar-refractivity contribution in [3.05, 3.63) is 26.4 Å². The molecule has 0 aliphatic heterocycles. The second-order valence-corrected chi connectivity index (χ2v) is 4.94. The molecule has 0 spiro atoms. The molecular formula is C10H8BrIO3. The summed E-state index contributed by atoms with van der Waals surface area (Å²) in [6.45, 7) is 0.234. The average Bonchev–Trinajstić information content (AvgIpc) is 2.54. The smallest absolute Gasteiger partial charge is 0.188 e. The van der Waals surface area contributed by atoms with Gasteiger partial charge in [-0.05, 0) is 50.7 Å². The number of hydrogen-bond acceptors (Lipinski definition) is 3. The summed E-state index contributed by atoms with van der Waals surface area (Å²) in [6, 6.07) is 5.79. The second kappa shape index (κ2) is 4.71. The Morgan fingerprint density at radius 3 is 2.93 bits per heavy atom. The molecule has 0 saturated carbocycles. The lowest BCUT2D eigenvalue weighted by atomic mass is 10.2. The monoisotopic (exact) mass is 382 g/mol. The number of hydrogen-bond donors (Lipinski definition) is 0. The van der Waals surface area contributed by atoms with Crippen molar-refractivity contribution >= 4 is 49.5 Å². The van der Waals surface area contributed by atoms with Crippen LogP contribution in [0.2, 0.25) is 0 Å². The Hall–Kier alpha value is -0.270. The summed E-state index contributed by atoms with van der Waals surface area (Å²) in [5.74, 6) is 0.771. The van der Waals surface area contributed by atoms with E-state index < -0.39 is 0 Å². The minimum atomic E-state index is 0.234. The molecule has 0 aliphatic carbocycles. The van der Waals surface area contributed by atoms with Gasteiger partial charge in [0.1, 0.15) is 11.3 Å². The Bertz CT molecular complexity index is 481. The molecular weight excluding hydrogens is 375 g/mol. The summed E-state index contributed by atoms with van der Waals surface area (Å²) in [5, 5.41) is 0.944. The van der Waals surface area contributed by atoms with Gasteiger partial charge in [0.15, 0.2) is 11.5 Å². The van der Waals surface area contributed by atoms with E-state index >= 15 is 0 Å². The highest BCUT2D eigenvalue weighted by Gasteiger charge is 2.09. The highest BCUT2D eigenvalue weighted by Crippen LogP contribution is 2.33. The lowest BCUT2D eigenvalue weighted by Crippen LogP contribution is -1.99. The average molecular weight is 383 g/mol. The van der Waals surface area contributed by atoms with Crippen molar-refractivity contribution in [1.29, 1.82) is 0 Å². The van der Waals surface area contributed by atoms with Crippen LogP contribution in [0.4, 0.5) is 0 Å². The molecule has 1 aromatic carbocycles. The molecule has 0 aliphatic rings. The van der Waals surface area contributed by atoms with E-state index in [9.17, 15) is 0 Å². The maximum absolute atomic E-state index is 5.46.